The summed E-state index contributed by atoms with van der Waals surface area (Å²) in [6, 6.07) is 3.40. The van der Waals surface area contributed by atoms with Crippen LogP contribution in [0.2, 0.25) is 0 Å². The topological polar surface area (TPSA) is 87.7 Å². The lowest BCUT2D eigenvalue weighted by atomic mass is 10.1. The summed E-state index contributed by atoms with van der Waals surface area (Å²) in [6.45, 7) is 10.1. The highest BCUT2D eigenvalue weighted by Gasteiger charge is 2.26. The summed E-state index contributed by atoms with van der Waals surface area (Å²) in [7, 11) is -2.02. The second-order valence-electron chi connectivity index (χ2n) is 7.39. The van der Waals surface area contributed by atoms with Crippen LogP contribution in [-0.4, -0.2) is 63.8 Å². The van der Waals surface area contributed by atoms with Gasteiger partial charge in [-0.2, -0.15) is 0 Å². The van der Waals surface area contributed by atoms with Crippen LogP contribution in [0.25, 0.3) is 0 Å². The minimum absolute atomic E-state index is 0.0394. The maximum Gasteiger partial charge on any atom is 0.255 e. The van der Waals surface area contributed by atoms with Crippen molar-refractivity contribution >= 4 is 21.4 Å². The largest absolute Gasteiger partial charge is 0.496 e. The first-order chi connectivity index (χ1) is 13.2. The number of carbonyl (C=O) groups is 1. The summed E-state index contributed by atoms with van der Waals surface area (Å²) < 4.78 is 30.6. The third kappa shape index (κ3) is 5.17. The number of ether oxygens (including phenoxy) is 1. The number of anilines is 1. The number of methoxy groups -OCH3 is 1. The van der Waals surface area contributed by atoms with Crippen molar-refractivity contribution in [3.63, 3.8) is 0 Å². The van der Waals surface area contributed by atoms with E-state index in [2.05, 4.69) is 22.5 Å². The van der Waals surface area contributed by atoms with E-state index in [-0.39, 0.29) is 28.2 Å². The van der Waals surface area contributed by atoms with Crippen LogP contribution in [0.15, 0.2) is 17.0 Å². The van der Waals surface area contributed by atoms with Crippen LogP contribution < -0.4 is 15.4 Å². The van der Waals surface area contributed by atoms with Gasteiger partial charge in [0.1, 0.15) is 5.75 Å². The van der Waals surface area contributed by atoms with Gasteiger partial charge in [-0.05, 0) is 45.8 Å². The number of hydrogen-bond donors (Lipinski definition) is 2. The molecule has 1 aliphatic rings. The summed E-state index contributed by atoms with van der Waals surface area (Å²) in [5, 5.41) is 6.11. The lowest BCUT2D eigenvalue weighted by Crippen LogP contribution is -2.40. The summed E-state index contributed by atoms with van der Waals surface area (Å²) in [5.74, 6) is -0.00123. The van der Waals surface area contributed by atoms with E-state index in [1.807, 2.05) is 13.8 Å². The molecule has 0 aromatic heterocycles. The molecule has 1 aromatic rings. The van der Waals surface area contributed by atoms with E-state index in [9.17, 15) is 13.2 Å². The van der Waals surface area contributed by atoms with Gasteiger partial charge in [-0.3, -0.25) is 9.69 Å². The highest BCUT2D eigenvalue weighted by Crippen LogP contribution is 2.32. The summed E-state index contributed by atoms with van der Waals surface area (Å²) in [6.07, 6.45) is 2.18. The molecule has 0 aliphatic carbocycles. The number of amides is 1. The Morgan fingerprint density at radius 1 is 1.32 bits per heavy atom. The second kappa shape index (κ2) is 9.60. The van der Waals surface area contributed by atoms with Crippen molar-refractivity contribution in [2.75, 3.05) is 37.8 Å². The van der Waals surface area contributed by atoms with Gasteiger partial charge in [0, 0.05) is 24.7 Å². The number of nitrogens with one attached hydrogen (secondary N) is 2. The number of sulfone groups is 1. The number of benzene rings is 1. The highest BCUT2D eigenvalue weighted by atomic mass is 32.2. The normalized spacial score (nSPS) is 17.7. The van der Waals surface area contributed by atoms with E-state index in [1.54, 1.807) is 13.0 Å². The van der Waals surface area contributed by atoms with Gasteiger partial charge in [-0.15, -0.1) is 0 Å². The minimum atomic E-state index is -3.51. The number of hydrogen-bond acceptors (Lipinski definition) is 6. The number of carbonyl (C=O) groups excluding carboxylic acids is 1. The molecule has 2 N–H and O–H groups in total. The second-order valence-corrected chi connectivity index (χ2v) is 9.63. The Hall–Kier alpha value is -1.80. The smallest absolute Gasteiger partial charge is 0.255 e. The third-order valence-electron chi connectivity index (χ3n) is 5.11. The lowest BCUT2D eigenvalue weighted by molar-refractivity contribution is 0.0938. The van der Waals surface area contributed by atoms with Crippen LogP contribution in [0.5, 0.6) is 5.75 Å². The van der Waals surface area contributed by atoms with Gasteiger partial charge in [0.15, 0.2) is 9.84 Å². The average molecular weight is 412 g/mol. The van der Waals surface area contributed by atoms with Crippen LogP contribution in [-0.2, 0) is 9.84 Å². The quantitative estimate of drug-likeness (QED) is 0.649. The Morgan fingerprint density at radius 2 is 2.04 bits per heavy atom. The molecule has 1 aromatic carbocycles. The summed E-state index contributed by atoms with van der Waals surface area (Å²) in [5.41, 5.74) is 0.697. The van der Waals surface area contributed by atoms with Gasteiger partial charge in [-0.1, -0.05) is 13.8 Å². The highest BCUT2D eigenvalue weighted by molar-refractivity contribution is 7.91. The SMILES string of the molecule is CCN1CCCC1CNC(=O)c1cc(S(=O)(=O)CC)c(NC(C)C)cc1OC. The molecule has 0 bridgehead atoms. The average Bonchev–Trinajstić information content (AvgIpc) is 3.12. The van der Waals surface area contributed by atoms with Crippen molar-refractivity contribution in [1.82, 2.24) is 10.2 Å². The number of likely N-dealkylation sites (N-methyl/N-ethyl adjacent to an activating group) is 1. The molecule has 28 heavy (non-hydrogen) atoms. The van der Waals surface area contributed by atoms with Gasteiger partial charge in [0.2, 0.25) is 0 Å². The molecule has 1 heterocycles. The molecule has 0 saturated carbocycles. The molecule has 7 nitrogen and oxygen atoms in total. The third-order valence-corrected chi connectivity index (χ3v) is 6.88. The molecular weight excluding hydrogens is 378 g/mol. The first-order valence-corrected chi connectivity index (χ1v) is 11.6. The number of nitrogens with zero attached hydrogens (tertiary/aromatic N) is 1. The molecule has 1 amide bonds. The molecule has 0 radical (unpaired) electrons. The van der Waals surface area contributed by atoms with Gasteiger partial charge in [-0.25, -0.2) is 8.42 Å². The van der Waals surface area contributed by atoms with Crippen LogP contribution >= 0.6 is 0 Å². The molecule has 8 heteroatoms. The van der Waals surface area contributed by atoms with Crippen molar-refractivity contribution in [3.05, 3.63) is 17.7 Å². The first kappa shape index (κ1) is 22.5. The van der Waals surface area contributed by atoms with Crippen LogP contribution in [0.4, 0.5) is 5.69 Å². The Kier molecular flexibility index (Phi) is 7.71. The van der Waals surface area contributed by atoms with E-state index in [4.69, 9.17) is 4.74 Å². The van der Waals surface area contributed by atoms with Crippen LogP contribution in [0.1, 0.15) is 50.9 Å². The predicted octanol–water partition coefficient (Wildman–Crippen LogP) is 2.52. The maximum absolute atomic E-state index is 12.9. The fourth-order valence-electron chi connectivity index (χ4n) is 3.59. The van der Waals surface area contributed by atoms with Crippen molar-refractivity contribution < 1.29 is 17.9 Å². The molecular formula is C20H33N3O4S. The summed E-state index contributed by atoms with van der Waals surface area (Å²) >= 11 is 0. The lowest BCUT2D eigenvalue weighted by Gasteiger charge is -2.23. The van der Waals surface area contributed by atoms with Gasteiger partial charge >= 0.3 is 0 Å². The van der Waals surface area contributed by atoms with Gasteiger partial charge < -0.3 is 15.4 Å². The summed E-state index contributed by atoms with van der Waals surface area (Å²) in [4.78, 5) is 15.3. The number of rotatable bonds is 9. The zero-order chi connectivity index (χ0) is 20.9. The van der Waals surface area contributed by atoms with Crippen molar-refractivity contribution in [2.24, 2.45) is 0 Å². The van der Waals surface area contributed by atoms with Crippen molar-refractivity contribution in [2.45, 2.75) is 57.5 Å². The van der Waals surface area contributed by atoms with E-state index < -0.39 is 9.84 Å². The Morgan fingerprint density at radius 3 is 2.61 bits per heavy atom. The molecule has 1 unspecified atom stereocenters. The Labute approximate surface area is 168 Å². The van der Waals surface area contributed by atoms with E-state index in [0.29, 0.717) is 24.0 Å². The molecule has 1 fully saturated rings. The predicted molar refractivity (Wildman–Crippen MR) is 112 cm³/mol. The standard InChI is InChI=1S/C20H33N3O4S/c1-6-23-10-8-9-15(23)13-21-20(24)16-11-19(28(25,26)7-2)17(22-14(3)4)12-18(16)27-5/h11-12,14-15,22H,6-10,13H2,1-5H3,(H,21,24). The van der Waals surface area contributed by atoms with Crippen LogP contribution in [0, 0.1) is 0 Å². The van der Waals surface area contributed by atoms with Crippen molar-refractivity contribution in [3.8, 4) is 5.75 Å². The maximum atomic E-state index is 12.9. The molecule has 1 saturated heterocycles. The minimum Gasteiger partial charge on any atom is -0.496 e. The zero-order valence-electron chi connectivity index (χ0n) is 17.5. The molecule has 1 atom stereocenters. The Balaban J connectivity index is 2.34. The van der Waals surface area contributed by atoms with Crippen LogP contribution in [0.3, 0.4) is 0 Å². The van der Waals surface area contributed by atoms with E-state index >= 15 is 0 Å². The molecule has 1 aliphatic heterocycles. The zero-order valence-corrected chi connectivity index (χ0v) is 18.4. The monoisotopic (exact) mass is 411 g/mol. The van der Waals surface area contributed by atoms with Gasteiger partial charge in [0.25, 0.3) is 5.91 Å². The van der Waals surface area contributed by atoms with Gasteiger partial charge in [0.05, 0.1) is 29.0 Å². The fraction of sp³-hybridized carbons (Fsp3) is 0.650. The number of likely N-dealkylation sites (tertiary alicyclic amines) is 1. The van der Waals surface area contributed by atoms with Crippen molar-refractivity contribution in [1.29, 1.82) is 0 Å². The molecule has 158 valence electrons. The molecule has 2 rings (SSSR count). The Bertz CT molecular complexity index is 793. The van der Waals surface area contributed by atoms with E-state index in [0.717, 1.165) is 25.9 Å². The molecule has 0 spiro atoms. The fourth-order valence-corrected chi connectivity index (χ4v) is 4.65. The van der Waals surface area contributed by atoms with E-state index in [1.165, 1.54) is 13.2 Å². The first-order valence-electron chi connectivity index (χ1n) is 9.97.